The van der Waals surface area contributed by atoms with Crippen molar-refractivity contribution in [2.24, 2.45) is 0 Å². The molecule has 0 saturated carbocycles. The minimum atomic E-state index is -5.40. The highest BCUT2D eigenvalue weighted by atomic mass is 19.4. The van der Waals surface area contributed by atoms with Gasteiger partial charge in [0, 0.05) is 0 Å². The van der Waals surface area contributed by atoms with Crippen LogP contribution in [0.4, 0.5) is 27.6 Å². The molecule has 0 unspecified atom stereocenters. The molecule has 0 amide bonds. The highest BCUT2D eigenvalue weighted by Crippen LogP contribution is 2.40. The smallest absolute Gasteiger partial charge is 0.476 e. The molecule has 0 aromatic carbocycles. The van der Waals surface area contributed by atoms with Crippen LogP contribution in [-0.4, -0.2) is 27.3 Å². The van der Waals surface area contributed by atoms with E-state index in [1.54, 1.807) is 0 Å². The summed E-state index contributed by atoms with van der Waals surface area (Å²) in [6.45, 7) is 0. The number of rotatable bonds is 4. The number of alkyl halides is 5. The summed E-state index contributed by atoms with van der Waals surface area (Å²) in [5.41, 5.74) is -4.98. The Kier molecular flexibility index (Phi) is 4.06. The number of hydrogen-bond acceptors (Lipinski definition) is 5. The summed E-state index contributed by atoms with van der Waals surface area (Å²) >= 11 is 0. The number of carbonyl (C=O) groups is 1. The summed E-state index contributed by atoms with van der Waals surface area (Å²) < 4.78 is 64.6. The lowest BCUT2D eigenvalue weighted by molar-refractivity contribution is -0.387. The van der Waals surface area contributed by atoms with Gasteiger partial charge in [-0.05, 0) is 0 Å². The average Bonchev–Trinajstić information content (AvgIpc) is 2.24. The summed E-state index contributed by atoms with van der Waals surface area (Å²) in [4.78, 5) is 22.5. The Morgan fingerprint density at radius 1 is 1.45 bits per heavy atom. The minimum absolute atomic E-state index is 0.0332. The van der Waals surface area contributed by atoms with Gasteiger partial charge in [0.15, 0.2) is 5.75 Å². The first-order valence-electron chi connectivity index (χ1n) is 4.49. The van der Waals surface area contributed by atoms with Gasteiger partial charge in [-0.2, -0.15) is 0 Å². The number of ether oxygens (including phenoxy) is 1. The first kappa shape index (κ1) is 15.5. The molecule has 1 heterocycles. The summed E-state index contributed by atoms with van der Waals surface area (Å²) in [5, 5.41) is 19.2. The number of nitrogens with zero attached hydrogens (tertiary/aromatic N) is 2. The minimum Gasteiger partial charge on any atom is -0.476 e. The molecule has 1 aromatic rings. The van der Waals surface area contributed by atoms with E-state index in [0.29, 0.717) is 0 Å². The molecular formula is C8H3F5N2O5. The quantitative estimate of drug-likeness (QED) is 0.521. The molecule has 0 saturated heterocycles. The summed E-state index contributed by atoms with van der Waals surface area (Å²) in [5.74, 6) is -3.68. The van der Waals surface area contributed by atoms with Crippen LogP contribution >= 0.6 is 0 Å². The van der Waals surface area contributed by atoms with Crippen molar-refractivity contribution in [3.8, 4) is 5.75 Å². The highest BCUT2D eigenvalue weighted by Gasteiger charge is 2.39. The van der Waals surface area contributed by atoms with Crippen molar-refractivity contribution < 1.29 is 41.5 Å². The Bertz CT molecular complexity index is 559. The molecule has 0 atom stereocenters. The van der Waals surface area contributed by atoms with Gasteiger partial charge in [-0.3, -0.25) is 10.1 Å². The van der Waals surface area contributed by atoms with Crippen molar-refractivity contribution in [2.45, 2.75) is 12.8 Å². The highest BCUT2D eigenvalue weighted by molar-refractivity contribution is 5.91. The van der Waals surface area contributed by atoms with Gasteiger partial charge in [0.25, 0.3) is 6.43 Å². The van der Waals surface area contributed by atoms with E-state index >= 15 is 0 Å². The second kappa shape index (κ2) is 5.22. The molecule has 0 aliphatic rings. The van der Waals surface area contributed by atoms with Crippen LogP contribution in [0.1, 0.15) is 22.5 Å². The number of carboxylic acids is 1. The number of hydrogen-bond donors (Lipinski definition) is 1. The summed E-state index contributed by atoms with van der Waals surface area (Å²) in [6, 6.07) is 0. The van der Waals surface area contributed by atoms with E-state index in [-0.39, 0.29) is 6.20 Å². The fraction of sp³-hybridized carbons (Fsp3) is 0.250. The largest absolute Gasteiger partial charge is 0.573 e. The first-order valence-corrected chi connectivity index (χ1v) is 4.49. The van der Waals surface area contributed by atoms with Crippen molar-refractivity contribution in [3.05, 3.63) is 27.6 Å². The predicted molar refractivity (Wildman–Crippen MR) is 49.5 cm³/mol. The molecule has 0 fully saturated rings. The Hall–Kier alpha value is -2.53. The third-order valence-electron chi connectivity index (χ3n) is 1.88. The Morgan fingerprint density at radius 2 is 2.00 bits per heavy atom. The van der Waals surface area contributed by atoms with Gasteiger partial charge >= 0.3 is 18.0 Å². The van der Waals surface area contributed by atoms with Gasteiger partial charge in [0.1, 0.15) is 5.56 Å². The van der Waals surface area contributed by atoms with Gasteiger partial charge in [-0.25, -0.2) is 18.6 Å². The molecule has 1 N–H and O–H groups in total. The number of aromatic nitrogens is 1. The third-order valence-corrected chi connectivity index (χ3v) is 1.88. The van der Waals surface area contributed by atoms with E-state index in [1.165, 1.54) is 0 Å². The summed E-state index contributed by atoms with van der Waals surface area (Å²) in [7, 11) is 0. The lowest BCUT2D eigenvalue weighted by Crippen LogP contribution is -2.20. The van der Waals surface area contributed by atoms with Crippen molar-refractivity contribution in [2.75, 3.05) is 0 Å². The normalized spacial score (nSPS) is 11.5. The monoisotopic (exact) mass is 302 g/mol. The van der Waals surface area contributed by atoms with Crippen molar-refractivity contribution >= 4 is 11.7 Å². The van der Waals surface area contributed by atoms with Crippen LogP contribution in [0.25, 0.3) is 0 Å². The fourth-order valence-corrected chi connectivity index (χ4v) is 1.26. The van der Waals surface area contributed by atoms with Gasteiger partial charge in [-0.15, -0.1) is 13.2 Å². The third kappa shape index (κ3) is 3.27. The van der Waals surface area contributed by atoms with Crippen LogP contribution < -0.4 is 4.74 Å². The SMILES string of the molecule is O=C(O)c1ncc(OC(F)(F)F)c(C(F)F)c1[N+](=O)[O-]. The van der Waals surface area contributed by atoms with E-state index in [9.17, 15) is 36.9 Å². The topological polar surface area (TPSA) is 103 Å². The molecule has 12 heteroatoms. The van der Waals surface area contributed by atoms with Gasteiger partial charge in [-0.1, -0.05) is 0 Å². The first-order chi connectivity index (χ1) is 9.04. The van der Waals surface area contributed by atoms with Gasteiger partial charge < -0.3 is 9.84 Å². The van der Waals surface area contributed by atoms with Gasteiger partial charge in [0.2, 0.25) is 5.69 Å². The van der Waals surface area contributed by atoms with Crippen LogP contribution in [0.3, 0.4) is 0 Å². The Labute approximate surface area is 105 Å². The van der Waals surface area contributed by atoms with Crippen molar-refractivity contribution in [1.29, 1.82) is 0 Å². The van der Waals surface area contributed by atoms with Crippen molar-refractivity contribution in [3.63, 3.8) is 0 Å². The number of carboxylic acid groups (broad SMARTS) is 1. The molecule has 110 valence electrons. The molecule has 20 heavy (non-hydrogen) atoms. The van der Waals surface area contributed by atoms with E-state index in [4.69, 9.17) is 5.11 Å². The number of halogens is 5. The van der Waals surface area contributed by atoms with E-state index in [2.05, 4.69) is 9.72 Å². The molecule has 1 rings (SSSR count). The fourth-order valence-electron chi connectivity index (χ4n) is 1.26. The maximum absolute atomic E-state index is 12.7. The Balaban J connectivity index is 3.61. The lowest BCUT2D eigenvalue weighted by Gasteiger charge is -2.13. The maximum Gasteiger partial charge on any atom is 0.573 e. The molecular weight excluding hydrogens is 299 g/mol. The second-order valence-corrected chi connectivity index (χ2v) is 3.14. The van der Waals surface area contributed by atoms with Crippen molar-refractivity contribution in [1.82, 2.24) is 4.98 Å². The molecule has 0 bridgehead atoms. The lowest BCUT2D eigenvalue weighted by atomic mass is 10.1. The molecule has 0 spiro atoms. The van der Waals surface area contributed by atoms with Crippen LogP contribution in [0.5, 0.6) is 5.75 Å². The van der Waals surface area contributed by atoms with Crippen LogP contribution in [0.2, 0.25) is 0 Å². The van der Waals surface area contributed by atoms with Crippen LogP contribution in [0.15, 0.2) is 6.20 Å². The second-order valence-electron chi connectivity index (χ2n) is 3.14. The van der Waals surface area contributed by atoms with E-state index in [1.807, 2.05) is 0 Å². The molecule has 0 aliphatic heterocycles. The number of pyridine rings is 1. The summed E-state index contributed by atoms with van der Waals surface area (Å²) in [6.07, 6.45) is -9.14. The predicted octanol–water partition coefficient (Wildman–Crippen LogP) is 2.52. The van der Waals surface area contributed by atoms with E-state index in [0.717, 1.165) is 0 Å². The number of aromatic carboxylic acids is 1. The molecule has 0 aliphatic carbocycles. The average molecular weight is 302 g/mol. The zero-order valence-corrected chi connectivity index (χ0v) is 9.02. The van der Waals surface area contributed by atoms with Crippen LogP contribution in [-0.2, 0) is 0 Å². The molecule has 0 radical (unpaired) electrons. The molecule has 7 nitrogen and oxygen atoms in total. The standard InChI is InChI=1S/C8H3F5N2O5/c9-6(10)3-2(20-8(11,12)13)1-14-4(7(16)17)5(3)15(18)19/h1,6H,(H,16,17). The Morgan fingerprint density at radius 3 is 2.35 bits per heavy atom. The van der Waals surface area contributed by atoms with Gasteiger partial charge in [0.05, 0.1) is 11.1 Å². The maximum atomic E-state index is 12.7. The zero-order chi connectivity index (χ0) is 15.7. The van der Waals surface area contributed by atoms with Crippen LogP contribution in [0, 0.1) is 10.1 Å². The number of nitro groups is 1. The molecule has 1 aromatic heterocycles. The van der Waals surface area contributed by atoms with E-state index < -0.39 is 46.4 Å². The zero-order valence-electron chi connectivity index (χ0n) is 9.02.